The first kappa shape index (κ1) is 8.45. The quantitative estimate of drug-likeness (QED) is 0.615. The monoisotopic (exact) mass is 189 g/mol. The number of ether oxygens (including phenoxy) is 1. The molecule has 2 aliphatic heterocycles. The van der Waals surface area contributed by atoms with Crippen molar-refractivity contribution in [1.29, 1.82) is 0 Å². The van der Waals surface area contributed by atoms with Gasteiger partial charge in [0.25, 0.3) is 0 Å². The van der Waals surface area contributed by atoms with Crippen LogP contribution in [0.1, 0.15) is 16.7 Å². The predicted molar refractivity (Wildman–Crippen MR) is 55.1 cm³/mol. The predicted octanol–water partition coefficient (Wildman–Crippen LogP) is 1.67. The van der Waals surface area contributed by atoms with E-state index < -0.39 is 0 Å². The molecule has 0 amide bonds. The third kappa shape index (κ3) is 0.983. The average molecular weight is 189 g/mol. The number of rotatable bonds is 0. The summed E-state index contributed by atoms with van der Waals surface area (Å²) < 4.78 is 5.93. The van der Waals surface area contributed by atoms with E-state index >= 15 is 0 Å². The minimum Gasteiger partial charge on any atom is -0.363 e. The van der Waals surface area contributed by atoms with Crippen molar-refractivity contribution in [2.45, 2.75) is 19.1 Å². The molecule has 0 aromatic heterocycles. The lowest BCUT2D eigenvalue weighted by atomic mass is 9.85. The molecule has 14 heavy (non-hydrogen) atoms. The van der Waals surface area contributed by atoms with Crippen molar-refractivity contribution in [3.8, 4) is 0 Å². The standard InChI is InChI=1S/C12H15NO/c1-9-3-4-11-10(5-9)6-14-12(11)7-13(2)8-12/h3-5H,6-8H2,1-2H3. The smallest absolute Gasteiger partial charge is 0.119 e. The lowest BCUT2D eigenvalue weighted by molar-refractivity contribution is -0.132. The summed E-state index contributed by atoms with van der Waals surface area (Å²) in [7, 11) is 2.14. The number of nitrogens with zero attached hydrogens (tertiary/aromatic N) is 1. The van der Waals surface area contributed by atoms with E-state index in [1.807, 2.05) is 0 Å². The van der Waals surface area contributed by atoms with Gasteiger partial charge in [0, 0.05) is 13.1 Å². The fourth-order valence-electron chi connectivity index (χ4n) is 2.67. The van der Waals surface area contributed by atoms with Crippen molar-refractivity contribution in [3.05, 3.63) is 34.9 Å². The molecule has 2 aliphatic rings. The number of hydrogen-bond donors (Lipinski definition) is 0. The van der Waals surface area contributed by atoms with Gasteiger partial charge in [-0.15, -0.1) is 0 Å². The van der Waals surface area contributed by atoms with Gasteiger partial charge < -0.3 is 4.74 Å². The Bertz CT molecular complexity index is 380. The number of fused-ring (bicyclic) bond motifs is 2. The van der Waals surface area contributed by atoms with E-state index in [0.717, 1.165) is 19.7 Å². The van der Waals surface area contributed by atoms with Crippen LogP contribution in [0.4, 0.5) is 0 Å². The zero-order valence-corrected chi connectivity index (χ0v) is 8.71. The Hall–Kier alpha value is -0.860. The lowest BCUT2D eigenvalue weighted by Gasteiger charge is -2.45. The highest BCUT2D eigenvalue weighted by Crippen LogP contribution is 2.42. The van der Waals surface area contributed by atoms with E-state index in [1.54, 1.807) is 0 Å². The molecule has 0 N–H and O–H groups in total. The SMILES string of the molecule is Cc1ccc2c(c1)COC21CN(C)C1. The van der Waals surface area contributed by atoms with E-state index in [1.165, 1.54) is 16.7 Å². The number of likely N-dealkylation sites (tertiary alicyclic amines) is 1. The van der Waals surface area contributed by atoms with E-state index in [2.05, 4.69) is 37.1 Å². The maximum atomic E-state index is 5.93. The van der Waals surface area contributed by atoms with Crippen molar-refractivity contribution in [2.75, 3.05) is 20.1 Å². The molecule has 1 fully saturated rings. The molecule has 0 unspecified atom stereocenters. The summed E-state index contributed by atoms with van der Waals surface area (Å²) in [5, 5.41) is 0. The Kier molecular flexibility index (Phi) is 1.56. The lowest BCUT2D eigenvalue weighted by Crippen LogP contribution is -2.57. The van der Waals surface area contributed by atoms with Gasteiger partial charge >= 0.3 is 0 Å². The number of aryl methyl sites for hydroxylation is 1. The summed E-state index contributed by atoms with van der Waals surface area (Å²) >= 11 is 0. The van der Waals surface area contributed by atoms with Gasteiger partial charge in [-0.05, 0) is 25.1 Å². The van der Waals surface area contributed by atoms with Gasteiger partial charge in [-0.3, -0.25) is 4.90 Å². The molecule has 1 spiro atoms. The molecule has 3 rings (SSSR count). The second-order valence-corrected chi connectivity index (χ2v) is 4.62. The molecule has 0 saturated carbocycles. The highest BCUT2D eigenvalue weighted by Gasteiger charge is 2.48. The molecule has 1 saturated heterocycles. The van der Waals surface area contributed by atoms with E-state index in [0.29, 0.717) is 0 Å². The topological polar surface area (TPSA) is 12.5 Å². The summed E-state index contributed by atoms with van der Waals surface area (Å²) in [5.41, 5.74) is 4.18. The third-order valence-corrected chi connectivity index (χ3v) is 3.31. The molecule has 0 atom stereocenters. The Morgan fingerprint density at radius 2 is 2.14 bits per heavy atom. The Morgan fingerprint density at radius 3 is 2.86 bits per heavy atom. The van der Waals surface area contributed by atoms with Gasteiger partial charge in [0.1, 0.15) is 5.60 Å². The molecule has 0 bridgehead atoms. The molecular weight excluding hydrogens is 174 g/mol. The fourth-order valence-corrected chi connectivity index (χ4v) is 2.67. The van der Waals surface area contributed by atoms with Gasteiger partial charge in [-0.1, -0.05) is 23.8 Å². The highest BCUT2D eigenvalue weighted by atomic mass is 16.5. The van der Waals surface area contributed by atoms with Gasteiger partial charge in [0.15, 0.2) is 0 Å². The fraction of sp³-hybridized carbons (Fsp3) is 0.500. The van der Waals surface area contributed by atoms with Crippen molar-refractivity contribution in [1.82, 2.24) is 4.90 Å². The average Bonchev–Trinajstić information content (AvgIpc) is 2.44. The second-order valence-electron chi connectivity index (χ2n) is 4.62. The molecule has 1 aromatic carbocycles. The number of benzene rings is 1. The van der Waals surface area contributed by atoms with E-state index in [-0.39, 0.29) is 5.60 Å². The van der Waals surface area contributed by atoms with Crippen molar-refractivity contribution >= 4 is 0 Å². The Morgan fingerprint density at radius 1 is 1.36 bits per heavy atom. The van der Waals surface area contributed by atoms with Gasteiger partial charge in [0.2, 0.25) is 0 Å². The molecule has 2 heterocycles. The molecule has 0 radical (unpaired) electrons. The van der Waals surface area contributed by atoms with Gasteiger partial charge in [-0.25, -0.2) is 0 Å². The molecule has 2 heteroatoms. The maximum absolute atomic E-state index is 5.93. The van der Waals surface area contributed by atoms with E-state index in [4.69, 9.17) is 4.74 Å². The van der Waals surface area contributed by atoms with Crippen molar-refractivity contribution in [3.63, 3.8) is 0 Å². The van der Waals surface area contributed by atoms with Crippen LogP contribution in [0, 0.1) is 6.92 Å². The number of hydrogen-bond acceptors (Lipinski definition) is 2. The molecule has 2 nitrogen and oxygen atoms in total. The normalized spacial score (nSPS) is 23.6. The molecule has 74 valence electrons. The summed E-state index contributed by atoms with van der Waals surface area (Å²) in [5.74, 6) is 0. The van der Waals surface area contributed by atoms with Crippen LogP contribution in [0.5, 0.6) is 0 Å². The minimum atomic E-state index is 0.0395. The second kappa shape index (κ2) is 2.59. The first-order chi connectivity index (χ1) is 6.70. The summed E-state index contributed by atoms with van der Waals surface area (Å²) in [6, 6.07) is 6.68. The first-order valence-corrected chi connectivity index (χ1v) is 5.12. The first-order valence-electron chi connectivity index (χ1n) is 5.12. The zero-order valence-electron chi connectivity index (χ0n) is 8.71. The van der Waals surface area contributed by atoms with Crippen LogP contribution in [-0.4, -0.2) is 25.0 Å². The minimum absolute atomic E-state index is 0.0395. The van der Waals surface area contributed by atoms with Crippen LogP contribution in [0.15, 0.2) is 18.2 Å². The van der Waals surface area contributed by atoms with Crippen molar-refractivity contribution < 1.29 is 4.74 Å². The molecular formula is C12H15NO. The Labute approximate surface area is 84.5 Å². The summed E-state index contributed by atoms with van der Waals surface area (Å²) in [4.78, 5) is 2.30. The van der Waals surface area contributed by atoms with Crippen LogP contribution < -0.4 is 0 Å². The third-order valence-electron chi connectivity index (χ3n) is 3.31. The van der Waals surface area contributed by atoms with Crippen LogP contribution in [0.25, 0.3) is 0 Å². The van der Waals surface area contributed by atoms with E-state index in [9.17, 15) is 0 Å². The zero-order chi connectivity index (χ0) is 9.76. The van der Waals surface area contributed by atoms with Crippen molar-refractivity contribution in [2.24, 2.45) is 0 Å². The van der Waals surface area contributed by atoms with Crippen LogP contribution in [0.2, 0.25) is 0 Å². The molecule has 1 aromatic rings. The number of likely N-dealkylation sites (N-methyl/N-ethyl adjacent to an activating group) is 1. The molecule has 0 aliphatic carbocycles. The highest BCUT2D eigenvalue weighted by molar-refractivity contribution is 5.40. The van der Waals surface area contributed by atoms with Gasteiger partial charge in [-0.2, -0.15) is 0 Å². The maximum Gasteiger partial charge on any atom is 0.119 e. The summed E-state index contributed by atoms with van der Waals surface area (Å²) in [6.45, 7) is 5.02. The van der Waals surface area contributed by atoms with Crippen LogP contribution >= 0.6 is 0 Å². The Balaban J connectivity index is 2.03. The largest absolute Gasteiger partial charge is 0.363 e. The van der Waals surface area contributed by atoms with Crippen LogP contribution in [-0.2, 0) is 16.9 Å². The summed E-state index contributed by atoms with van der Waals surface area (Å²) in [6.07, 6.45) is 0. The van der Waals surface area contributed by atoms with Gasteiger partial charge in [0.05, 0.1) is 6.61 Å². The van der Waals surface area contributed by atoms with Crippen LogP contribution in [0.3, 0.4) is 0 Å².